The van der Waals surface area contributed by atoms with Crippen molar-refractivity contribution in [1.29, 1.82) is 0 Å². The Labute approximate surface area is 104 Å². The molecule has 0 aromatic heterocycles. The quantitative estimate of drug-likeness (QED) is 0.309. The van der Waals surface area contributed by atoms with Gasteiger partial charge < -0.3 is 4.28 Å². The zero-order chi connectivity index (χ0) is 0. The second kappa shape index (κ2) is 16.5. The summed E-state index contributed by atoms with van der Waals surface area (Å²) in [6.07, 6.45) is 0. The topological polar surface area (TPSA) is 0 Å². The van der Waals surface area contributed by atoms with Crippen LogP contribution in [0.5, 0.6) is 0 Å². The molecular formula is H3BKMgZn. The van der Waals surface area contributed by atoms with E-state index in [1.807, 2.05) is 0 Å². The van der Waals surface area contributed by atoms with E-state index >= 15 is 0 Å². The van der Waals surface area contributed by atoms with Gasteiger partial charge in [-0.05, 0) is 0 Å². The molecule has 0 nitrogen and oxygen atoms in total. The molecule has 0 aromatic rings. The van der Waals surface area contributed by atoms with Crippen LogP contribution in [-0.4, -0.2) is 31.5 Å². The van der Waals surface area contributed by atoms with Gasteiger partial charge in [-0.25, -0.2) is 0 Å². The predicted molar refractivity (Wildman–Crippen MR) is 14.8 cm³/mol. The largest absolute Gasteiger partial charge is 2.00 e. The van der Waals surface area contributed by atoms with Gasteiger partial charge in [-0.15, -0.1) is 0 Å². The maximum atomic E-state index is 0. The van der Waals surface area contributed by atoms with Crippen molar-refractivity contribution in [1.82, 2.24) is 0 Å². The molecule has 3 radical (unpaired) electrons. The van der Waals surface area contributed by atoms with Crippen molar-refractivity contribution in [2.75, 3.05) is 0 Å². The first-order valence-corrected chi connectivity index (χ1v) is 0. The number of hydrogen-bond acceptors (Lipinski definition) is 0. The van der Waals surface area contributed by atoms with Gasteiger partial charge in [0, 0.05) is 27.9 Å². The fourth-order valence-corrected chi connectivity index (χ4v) is 0. The molecule has 0 aromatic carbocycles. The third-order valence-electron chi connectivity index (χ3n) is 0. The van der Waals surface area contributed by atoms with Crippen molar-refractivity contribution in [2.45, 2.75) is 0 Å². The Hall–Kier alpha value is 3.09. The Bertz CT molecular complexity index is 14.9. The Morgan fingerprint density at radius 3 is 1.25 bits per heavy atom. The summed E-state index contributed by atoms with van der Waals surface area (Å²) in [5.74, 6) is 0. The minimum absolute atomic E-state index is 0. The monoisotopic (exact) mass is 141 g/mol. The zero-order valence-corrected chi connectivity index (χ0v) is 10.5. The molecule has 0 aliphatic carbocycles. The van der Waals surface area contributed by atoms with Crippen molar-refractivity contribution in [3.63, 3.8) is 0 Å². The summed E-state index contributed by atoms with van der Waals surface area (Å²) in [5, 5.41) is 0. The van der Waals surface area contributed by atoms with Crippen LogP contribution >= 0.6 is 0 Å². The van der Waals surface area contributed by atoms with Crippen LogP contribution in [0.1, 0.15) is 4.28 Å². The third-order valence-corrected chi connectivity index (χ3v) is 0. The predicted octanol–water partition coefficient (Wildman–Crippen LogP) is -3.42. The molecule has 0 amide bonds. The first-order valence-electron chi connectivity index (χ1n) is 0. The van der Waals surface area contributed by atoms with Crippen LogP contribution in [0.25, 0.3) is 0 Å². The van der Waals surface area contributed by atoms with Crippen molar-refractivity contribution >= 4 is 31.5 Å². The number of hydrogen-bond donors (Lipinski definition) is 0. The molecule has 0 unspecified atom stereocenters. The van der Waals surface area contributed by atoms with Gasteiger partial charge >= 0.3 is 74.4 Å². The molecule has 0 saturated carbocycles. The molecule has 0 heterocycles. The van der Waals surface area contributed by atoms with Gasteiger partial charge in [0.1, 0.15) is 0 Å². The van der Waals surface area contributed by atoms with E-state index in [0.29, 0.717) is 0 Å². The van der Waals surface area contributed by atoms with E-state index in [1.54, 1.807) is 0 Å². The van der Waals surface area contributed by atoms with Crippen LogP contribution in [0, 0.1) is 0 Å². The van der Waals surface area contributed by atoms with Crippen molar-refractivity contribution in [3.8, 4) is 0 Å². The average Bonchev–Trinajstić information content (AvgIpc) is 0. The molecule has 0 atom stereocenters. The summed E-state index contributed by atoms with van der Waals surface area (Å²) in [6, 6.07) is 0. The minimum atomic E-state index is 0. The van der Waals surface area contributed by atoms with Crippen LogP contribution in [0.2, 0.25) is 0 Å². The molecule has 0 bridgehead atoms. The summed E-state index contributed by atoms with van der Waals surface area (Å²) in [4.78, 5) is 0. The van der Waals surface area contributed by atoms with Crippen LogP contribution < -0.4 is 51.4 Å². The van der Waals surface area contributed by atoms with Crippen molar-refractivity contribution in [3.05, 3.63) is 0 Å². The van der Waals surface area contributed by atoms with Gasteiger partial charge in [-0.3, -0.25) is 0 Å². The summed E-state index contributed by atoms with van der Waals surface area (Å²) in [7, 11) is 0. The van der Waals surface area contributed by atoms with Gasteiger partial charge in [0.15, 0.2) is 0 Å². The third kappa shape index (κ3) is 8.92. The first-order chi connectivity index (χ1) is 0. The first kappa shape index (κ1) is 27.5. The van der Waals surface area contributed by atoms with Crippen LogP contribution in [0.4, 0.5) is 0 Å². The molecular weight excluding hydrogens is 140 g/mol. The summed E-state index contributed by atoms with van der Waals surface area (Å²) in [6.45, 7) is 0. The van der Waals surface area contributed by atoms with Gasteiger partial charge in [-0.2, -0.15) is 0 Å². The Morgan fingerprint density at radius 2 is 1.25 bits per heavy atom. The molecule has 0 spiro atoms. The molecule has 0 aliphatic heterocycles. The average molecular weight is 143 g/mol. The normalized spacial score (nSPS) is 0. The Balaban J connectivity index is 0. The molecule has 0 rings (SSSR count). The maximum Gasteiger partial charge on any atom is 2.00 e. The molecule has 11 valence electrons. The zero-order valence-electron chi connectivity index (χ0n) is 5.99. The van der Waals surface area contributed by atoms with Gasteiger partial charge in [-0.1, -0.05) is 0 Å². The van der Waals surface area contributed by atoms with E-state index in [-0.39, 0.29) is 107 Å². The molecule has 0 fully saturated rings. The van der Waals surface area contributed by atoms with E-state index < -0.39 is 0 Å². The molecule has 0 N–H and O–H groups in total. The van der Waals surface area contributed by atoms with Crippen LogP contribution in [-0.2, 0) is 19.5 Å². The summed E-state index contributed by atoms with van der Waals surface area (Å²) < 4.78 is 0. The van der Waals surface area contributed by atoms with Crippen molar-refractivity contribution in [2.24, 2.45) is 0 Å². The molecule has 4 heteroatoms. The SMILES string of the molecule is [B].[H-].[H-].[H-].[K+].[Mg+2].[Zn]. The van der Waals surface area contributed by atoms with E-state index in [2.05, 4.69) is 0 Å². The second-order valence-corrected chi connectivity index (χ2v) is 0. The molecule has 0 aliphatic rings. The van der Waals surface area contributed by atoms with E-state index in [9.17, 15) is 0 Å². The molecule has 0 saturated heterocycles. The summed E-state index contributed by atoms with van der Waals surface area (Å²) >= 11 is 0. The minimum Gasteiger partial charge on any atom is -1.00 e. The summed E-state index contributed by atoms with van der Waals surface area (Å²) in [5.41, 5.74) is 0. The van der Waals surface area contributed by atoms with Crippen LogP contribution in [0.3, 0.4) is 0 Å². The van der Waals surface area contributed by atoms with Gasteiger partial charge in [0.25, 0.3) is 0 Å². The van der Waals surface area contributed by atoms with Gasteiger partial charge in [0.2, 0.25) is 0 Å². The van der Waals surface area contributed by atoms with Gasteiger partial charge in [0.05, 0.1) is 0 Å². The number of rotatable bonds is 0. The van der Waals surface area contributed by atoms with Crippen molar-refractivity contribution < 1.29 is 75.1 Å². The molecule has 4 heavy (non-hydrogen) atoms. The standard InChI is InChI=1S/B.K.Mg.Zn.3H/q;+1;+2;;3*-1. The second-order valence-electron chi connectivity index (χ2n) is 0. The Morgan fingerprint density at radius 1 is 1.25 bits per heavy atom. The maximum absolute atomic E-state index is 0. The fourth-order valence-electron chi connectivity index (χ4n) is 0. The Kier molecular flexibility index (Phi) is 114. The smallest absolute Gasteiger partial charge is 1.00 e. The fraction of sp³-hybridized carbons (Fsp3) is 0. The van der Waals surface area contributed by atoms with E-state index in [1.165, 1.54) is 0 Å². The van der Waals surface area contributed by atoms with E-state index in [0.717, 1.165) is 0 Å². The van der Waals surface area contributed by atoms with Crippen LogP contribution in [0.15, 0.2) is 0 Å². The van der Waals surface area contributed by atoms with E-state index in [4.69, 9.17) is 0 Å².